The van der Waals surface area contributed by atoms with Crippen LogP contribution in [-0.2, 0) is 6.54 Å². The Morgan fingerprint density at radius 1 is 1.28 bits per heavy atom. The van der Waals surface area contributed by atoms with Crippen LogP contribution in [-0.4, -0.2) is 18.8 Å². The minimum absolute atomic E-state index is 0.125. The Hall–Kier alpha value is -0.930. The fourth-order valence-corrected chi connectivity index (χ4v) is 2.02. The lowest BCUT2D eigenvalue weighted by atomic mass is 10.0. The van der Waals surface area contributed by atoms with E-state index in [-0.39, 0.29) is 5.54 Å². The van der Waals surface area contributed by atoms with Crippen molar-refractivity contribution in [2.24, 2.45) is 0 Å². The minimum atomic E-state index is 0.125. The van der Waals surface area contributed by atoms with Crippen molar-refractivity contribution < 1.29 is 9.47 Å². The SMILES string of the molecule is CCC(C)(C)NCc1cc(Cl)c2c(c1)OCCO2. The molecular formula is C14H20ClNO2. The molecule has 0 aliphatic carbocycles. The topological polar surface area (TPSA) is 30.5 Å². The highest BCUT2D eigenvalue weighted by Gasteiger charge is 2.18. The van der Waals surface area contributed by atoms with E-state index in [1.54, 1.807) is 0 Å². The van der Waals surface area contributed by atoms with Gasteiger partial charge in [0.25, 0.3) is 0 Å². The van der Waals surface area contributed by atoms with Crippen molar-refractivity contribution in [3.63, 3.8) is 0 Å². The summed E-state index contributed by atoms with van der Waals surface area (Å²) in [7, 11) is 0. The van der Waals surface area contributed by atoms with Gasteiger partial charge in [-0.05, 0) is 38.0 Å². The molecular weight excluding hydrogens is 250 g/mol. The zero-order valence-electron chi connectivity index (χ0n) is 11.2. The molecule has 0 spiro atoms. The maximum absolute atomic E-state index is 6.20. The quantitative estimate of drug-likeness (QED) is 0.909. The number of benzene rings is 1. The second kappa shape index (κ2) is 5.37. The molecule has 4 heteroatoms. The monoisotopic (exact) mass is 269 g/mol. The first kappa shape index (κ1) is 13.5. The molecule has 1 heterocycles. The van der Waals surface area contributed by atoms with Gasteiger partial charge in [-0.1, -0.05) is 18.5 Å². The van der Waals surface area contributed by atoms with Gasteiger partial charge in [0.05, 0.1) is 5.02 Å². The summed E-state index contributed by atoms with van der Waals surface area (Å²) in [5, 5.41) is 4.13. The van der Waals surface area contributed by atoms with Crippen molar-refractivity contribution in [1.29, 1.82) is 0 Å². The summed E-state index contributed by atoms with van der Waals surface area (Å²) < 4.78 is 11.1. The number of nitrogens with one attached hydrogen (secondary N) is 1. The van der Waals surface area contributed by atoms with Gasteiger partial charge in [-0.15, -0.1) is 0 Å². The molecule has 0 unspecified atom stereocenters. The number of hydrogen-bond donors (Lipinski definition) is 1. The molecule has 0 saturated heterocycles. The lowest BCUT2D eigenvalue weighted by molar-refractivity contribution is 0.171. The molecule has 0 atom stereocenters. The largest absolute Gasteiger partial charge is 0.486 e. The molecule has 1 aliphatic rings. The third kappa shape index (κ3) is 3.09. The standard InChI is InChI=1S/C14H20ClNO2/c1-4-14(2,3)16-9-10-7-11(15)13-12(8-10)17-5-6-18-13/h7-8,16H,4-6,9H2,1-3H3. The zero-order valence-corrected chi connectivity index (χ0v) is 11.9. The van der Waals surface area contributed by atoms with Gasteiger partial charge in [0.15, 0.2) is 11.5 Å². The van der Waals surface area contributed by atoms with Gasteiger partial charge < -0.3 is 14.8 Å². The van der Waals surface area contributed by atoms with Crippen LogP contribution in [0.5, 0.6) is 11.5 Å². The van der Waals surface area contributed by atoms with Crippen LogP contribution in [0.3, 0.4) is 0 Å². The highest BCUT2D eigenvalue weighted by molar-refractivity contribution is 6.32. The van der Waals surface area contributed by atoms with E-state index >= 15 is 0 Å². The Labute approximate surface area is 113 Å². The Morgan fingerprint density at radius 2 is 2.00 bits per heavy atom. The maximum Gasteiger partial charge on any atom is 0.179 e. The van der Waals surface area contributed by atoms with Gasteiger partial charge in [-0.2, -0.15) is 0 Å². The molecule has 0 fully saturated rings. The Morgan fingerprint density at radius 3 is 2.72 bits per heavy atom. The van der Waals surface area contributed by atoms with Crippen molar-refractivity contribution in [3.8, 4) is 11.5 Å². The summed E-state index contributed by atoms with van der Waals surface area (Å²) in [6.45, 7) is 8.47. The van der Waals surface area contributed by atoms with E-state index in [1.165, 1.54) is 0 Å². The van der Waals surface area contributed by atoms with Gasteiger partial charge in [0.1, 0.15) is 13.2 Å². The van der Waals surface area contributed by atoms with Crippen molar-refractivity contribution in [1.82, 2.24) is 5.32 Å². The number of fused-ring (bicyclic) bond motifs is 1. The van der Waals surface area contributed by atoms with Crippen LogP contribution < -0.4 is 14.8 Å². The number of ether oxygens (including phenoxy) is 2. The van der Waals surface area contributed by atoms with Crippen LogP contribution in [0.2, 0.25) is 5.02 Å². The van der Waals surface area contributed by atoms with Gasteiger partial charge >= 0.3 is 0 Å². The molecule has 0 radical (unpaired) electrons. The highest BCUT2D eigenvalue weighted by Crippen LogP contribution is 2.38. The molecule has 18 heavy (non-hydrogen) atoms. The summed E-state index contributed by atoms with van der Waals surface area (Å²) in [5.41, 5.74) is 1.24. The Bertz CT molecular complexity index is 432. The first-order valence-electron chi connectivity index (χ1n) is 6.35. The first-order chi connectivity index (χ1) is 8.52. The molecule has 0 amide bonds. The highest BCUT2D eigenvalue weighted by atomic mass is 35.5. The van der Waals surface area contributed by atoms with Crippen LogP contribution in [0.1, 0.15) is 32.8 Å². The number of rotatable bonds is 4. The minimum Gasteiger partial charge on any atom is -0.486 e. The van der Waals surface area contributed by atoms with Crippen molar-refractivity contribution in [2.75, 3.05) is 13.2 Å². The average molecular weight is 270 g/mol. The van der Waals surface area contributed by atoms with E-state index in [1.807, 2.05) is 12.1 Å². The zero-order chi connectivity index (χ0) is 13.2. The maximum atomic E-state index is 6.20. The molecule has 2 rings (SSSR count). The summed E-state index contributed by atoms with van der Waals surface area (Å²) in [4.78, 5) is 0. The van der Waals surface area contributed by atoms with E-state index in [2.05, 4.69) is 26.1 Å². The van der Waals surface area contributed by atoms with E-state index in [0.29, 0.717) is 24.0 Å². The third-order valence-corrected chi connectivity index (χ3v) is 3.59. The van der Waals surface area contributed by atoms with Crippen LogP contribution in [0.4, 0.5) is 0 Å². The van der Waals surface area contributed by atoms with E-state index < -0.39 is 0 Å². The molecule has 1 aromatic rings. The van der Waals surface area contributed by atoms with Crippen molar-refractivity contribution in [2.45, 2.75) is 39.3 Å². The fraction of sp³-hybridized carbons (Fsp3) is 0.571. The van der Waals surface area contributed by atoms with E-state index in [0.717, 1.165) is 24.3 Å². The number of hydrogen-bond acceptors (Lipinski definition) is 3. The predicted molar refractivity (Wildman–Crippen MR) is 73.7 cm³/mol. The fourth-order valence-electron chi connectivity index (χ4n) is 1.73. The van der Waals surface area contributed by atoms with Crippen molar-refractivity contribution in [3.05, 3.63) is 22.7 Å². The van der Waals surface area contributed by atoms with Crippen LogP contribution in [0, 0.1) is 0 Å². The first-order valence-corrected chi connectivity index (χ1v) is 6.73. The normalized spacial score (nSPS) is 14.7. The molecule has 100 valence electrons. The summed E-state index contributed by atoms with van der Waals surface area (Å²) in [6.07, 6.45) is 1.07. The smallest absolute Gasteiger partial charge is 0.179 e. The Balaban J connectivity index is 2.12. The lowest BCUT2D eigenvalue weighted by Gasteiger charge is -2.25. The van der Waals surface area contributed by atoms with Crippen molar-refractivity contribution >= 4 is 11.6 Å². The summed E-state index contributed by atoms with van der Waals surface area (Å²) in [5.74, 6) is 1.42. The molecule has 0 saturated carbocycles. The van der Waals surface area contributed by atoms with Crippen LogP contribution >= 0.6 is 11.6 Å². The molecule has 0 bridgehead atoms. The molecule has 1 aliphatic heterocycles. The summed E-state index contributed by atoms with van der Waals surface area (Å²) >= 11 is 6.20. The third-order valence-electron chi connectivity index (χ3n) is 3.31. The van der Waals surface area contributed by atoms with Gasteiger partial charge in [0.2, 0.25) is 0 Å². The van der Waals surface area contributed by atoms with Gasteiger partial charge in [-0.25, -0.2) is 0 Å². The lowest BCUT2D eigenvalue weighted by Crippen LogP contribution is -2.37. The van der Waals surface area contributed by atoms with Crippen LogP contribution in [0.15, 0.2) is 12.1 Å². The Kier molecular flexibility index (Phi) is 4.03. The second-order valence-corrected chi connectivity index (χ2v) is 5.60. The molecule has 3 nitrogen and oxygen atoms in total. The molecule has 1 N–H and O–H groups in total. The molecule has 1 aromatic carbocycles. The second-order valence-electron chi connectivity index (χ2n) is 5.19. The average Bonchev–Trinajstić information content (AvgIpc) is 2.37. The van der Waals surface area contributed by atoms with E-state index in [9.17, 15) is 0 Å². The summed E-state index contributed by atoms with van der Waals surface area (Å²) in [6, 6.07) is 3.94. The molecule has 0 aromatic heterocycles. The van der Waals surface area contributed by atoms with Crippen LogP contribution in [0.25, 0.3) is 0 Å². The predicted octanol–water partition coefficient (Wildman–Crippen LogP) is 3.39. The van der Waals surface area contributed by atoms with E-state index in [4.69, 9.17) is 21.1 Å². The van der Waals surface area contributed by atoms with Gasteiger partial charge in [0, 0.05) is 12.1 Å². The van der Waals surface area contributed by atoms with Gasteiger partial charge in [-0.3, -0.25) is 0 Å². The number of halogens is 1.